The van der Waals surface area contributed by atoms with Crippen molar-refractivity contribution in [3.63, 3.8) is 0 Å². The molecule has 0 radical (unpaired) electrons. The molecule has 2 aliphatic heterocycles. The standard InChI is InChI=1S/C24H22N4.2BrH/c25-23-21-7-3-1-5-19(21)15-27(23)13-17-9-11-18(12-10-17)14-28-16-20-6-2-4-8-22(20)24(28)26;;/h1-12,25-26H,13-16H2;2*1H. The van der Waals surface area contributed by atoms with Crippen LogP contribution in [0.5, 0.6) is 0 Å². The van der Waals surface area contributed by atoms with Crippen LogP contribution in [0.4, 0.5) is 0 Å². The lowest BCUT2D eigenvalue weighted by Gasteiger charge is -2.20. The van der Waals surface area contributed by atoms with Gasteiger partial charge in [0.15, 0.2) is 0 Å². The highest BCUT2D eigenvalue weighted by Gasteiger charge is 2.24. The van der Waals surface area contributed by atoms with Crippen LogP contribution in [0.25, 0.3) is 0 Å². The van der Waals surface area contributed by atoms with Crippen molar-refractivity contribution >= 4 is 45.6 Å². The zero-order valence-corrected chi connectivity index (χ0v) is 19.9. The first-order chi connectivity index (χ1) is 13.7. The fraction of sp³-hybridized carbons (Fsp3) is 0.167. The summed E-state index contributed by atoms with van der Waals surface area (Å²) in [5.41, 5.74) is 6.98. The van der Waals surface area contributed by atoms with E-state index < -0.39 is 0 Å². The van der Waals surface area contributed by atoms with Gasteiger partial charge in [0.25, 0.3) is 0 Å². The van der Waals surface area contributed by atoms with Crippen LogP contribution in [0.15, 0.2) is 72.8 Å². The molecule has 3 aromatic carbocycles. The second kappa shape index (κ2) is 9.14. The molecule has 0 aromatic heterocycles. The van der Waals surface area contributed by atoms with Crippen LogP contribution >= 0.6 is 34.0 Å². The van der Waals surface area contributed by atoms with E-state index in [2.05, 4.69) is 46.2 Å². The van der Waals surface area contributed by atoms with Gasteiger partial charge in [0, 0.05) is 37.3 Å². The molecular formula is C24H24Br2N4. The topological polar surface area (TPSA) is 54.2 Å². The lowest BCUT2D eigenvalue weighted by atomic mass is 10.1. The normalized spacial score (nSPS) is 14.1. The van der Waals surface area contributed by atoms with Gasteiger partial charge in [0.2, 0.25) is 0 Å². The van der Waals surface area contributed by atoms with Crippen LogP contribution in [0.3, 0.4) is 0 Å². The van der Waals surface area contributed by atoms with E-state index in [-0.39, 0.29) is 34.0 Å². The Hall–Kier alpha value is -2.44. The molecule has 0 saturated carbocycles. The second-order valence-electron chi connectivity index (χ2n) is 7.54. The minimum atomic E-state index is 0. The Morgan fingerprint density at radius 3 is 1.30 bits per heavy atom. The number of rotatable bonds is 4. The first-order valence-corrected chi connectivity index (χ1v) is 9.60. The lowest BCUT2D eigenvalue weighted by Crippen LogP contribution is -2.24. The minimum Gasteiger partial charge on any atom is -0.348 e. The van der Waals surface area contributed by atoms with Crippen LogP contribution < -0.4 is 0 Å². The Morgan fingerprint density at radius 1 is 0.567 bits per heavy atom. The summed E-state index contributed by atoms with van der Waals surface area (Å²) in [6, 6.07) is 25.0. The Morgan fingerprint density at radius 2 is 0.933 bits per heavy atom. The molecular weight excluding hydrogens is 504 g/mol. The Labute approximate surface area is 198 Å². The van der Waals surface area contributed by atoms with Gasteiger partial charge in [0.1, 0.15) is 11.7 Å². The maximum atomic E-state index is 8.41. The number of hydrogen-bond acceptors (Lipinski definition) is 2. The number of nitrogens with one attached hydrogen (secondary N) is 2. The Bertz CT molecular complexity index is 992. The maximum absolute atomic E-state index is 8.41. The van der Waals surface area contributed by atoms with E-state index in [0.717, 1.165) is 37.3 Å². The van der Waals surface area contributed by atoms with Gasteiger partial charge in [0.05, 0.1) is 0 Å². The van der Waals surface area contributed by atoms with Crippen molar-refractivity contribution in [3.8, 4) is 0 Å². The summed E-state index contributed by atoms with van der Waals surface area (Å²) in [6.07, 6.45) is 0. The van der Waals surface area contributed by atoms with Crippen molar-refractivity contribution in [2.24, 2.45) is 0 Å². The average molecular weight is 528 g/mol. The molecule has 0 spiro atoms. The van der Waals surface area contributed by atoms with Crippen molar-refractivity contribution < 1.29 is 0 Å². The predicted molar refractivity (Wildman–Crippen MR) is 132 cm³/mol. The number of fused-ring (bicyclic) bond motifs is 2. The molecule has 2 aliphatic rings. The van der Waals surface area contributed by atoms with E-state index >= 15 is 0 Å². The Kier molecular flexibility index (Phi) is 6.78. The van der Waals surface area contributed by atoms with Crippen LogP contribution in [0.2, 0.25) is 0 Å². The minimum absolute atomic E-state index is 0. The molecule has 154 valence electrons. The molecule has 30 heavy (non-hydrogen) atoms. The van der Waals surface area contributed by atoms with Crippen LogP contribution in [0.1, 0.15) is 33.4 Å². The average Bonchev–Trinajstić information content (AvgIpc) is 3.21. The molecule has 0 saturated heterocycles. The number of nitrogens with zero attached hydrogens (tertiary/aromatic N) is 2. The summed E-state index contributed by atoms with van der Waals surface area (Å²) in [6.45, 7) is 3.11. The van der Waals surface area contributed by atoms with Gasteiger partial charge >= 0.3 is 0 Å². The van der Waals surface area contributed by atoms with Crippen molar-refractivity contribution in [1.82, 2.24) is 9.80 Å². The van der Waals surface area contributed by atoms with Crippen LogP contribution in [0, 0.1) is 10.8 Å². The first-order valence-electron chi connectivity index (χ1n) is 9.60. The molecule has 0 amide bonds. The molecule has 0 fully saturated rings. The van der Waals surface area contributed by atoms with Gasteiger partial charge in [-0.2, -0.15) is 0 Å². The van der Waals surface area contributed by atoms with Gasteiger partial charge in [-0.3, -0.25) is 10.8 Å². The predicted octanol–water partition coefficient (Wildman–Crippen LogP) is 5.52. The zero-order chi connectivity index (χ0) is 19.1. The Balaban J connectivity index is 0.00000128. The van der Waals surface area contributed by atoms with Gasteiger partial charge in [-0.1, -0.05) is 72.8 Å². The summed E-state index contributed by atoms with van der Waals surface area (Å²) >= 11 is 0. The van der Waals surface area contributed by atoms with Crippen molar-refractivity contribution in [2.45, 2.75) is 26.2 Å². The third-order valence-corrected chi connectivity index (χ3v) is 5.67. The maximum Gasteiger partial charge on any atom is 0.129 e. The van der Waals surface area contributed by atoms with Gasteiger partial charge in [-0.05, 0) is 22.3 Å². The zero-order valence-electron chi connectivity index (χ0n) is 16.5. The molecule has 0 unspecified atom stereocenters. The molecule has 0 bridgehead atoms. The summed E-state index contributed by atoms with van der Waals surface area (Å²) in [7, 11) is 0. The number of halogens is 2. The summed E-state index contributed by atoms with van der Waals surface area (Å²) in [5, 5.41) is 16.8. The first kappa shape index (κ1) is 22.2. The third kappa shape index (κ3) is 4.07. The largest absolute Gasteiger partial charge is 0.348 e. The van der Waals surface area contributed by atoms with Crippen LogP contribution in [-0.4, -0.2) is 21.5 Å². The SMILES string of the molecule is Br.Br.N=C1c2ccccc2CN1Cc1ccc(CN2Cc3ccccc3C2=N)cc1. The highest BCUT2D eigenvalue weighted by atomic mass is 79.9. The van der Waals surface area contributed by atoms with E-state index in [1.807, 2.05) is 36.4 Å². The van der Waals surface area contributed by atoms with Crippen LogP contribution in [-0.2, 0) is 26.2 Å². The van der Waals surface area contributed by atoms with E-state index in [1.165, 1.54) is 22.3 Å². The summed E-state index contributed by atoms with van der Waals surface area (Å²) in [5.74, 6) is 1.23. The molecule has 2 N–H and O–H groups in total. The molecule has 0 aliphatic carbocycles. The summed E-state index contributed by atoms with van der Waals surface area (Å²) in [4.78, 5) is 4.24. The van der Waals surface area contributed by atoms with Gasteiger partial charge in [-0.25, -0.2) is 0 Å². The van der Waals surface area contributed by atoms with Crippen molar-refractivity contribution in [1.29, 1.82) is 10.8 Å². The van der Waals surface area contributed by atoms with E-state index in [0.29, 0.717) is 11.7 Å². The molecule has 4 nitrogen and oxygen atoms in total. The van der Waals surface area contributed by atoms with E-state index in [9.17, 15) is 0 Å². The third-order valence-electron chi connectivity index (χ3n) is 5.67. The smallest absolute Gasteiger partial charge is 0.129 e. The molecule has 5 rings (SSSR count). The number of hydrogen-bond donors (Lipinski definition) is 2. The fourth-order valence-electron chi connectivity index (χ4n) is 4.15. The second-order valence-corrected chi connectivity index (χ2v) is 7.54. The molecule has 2 heterocycles. The fourth-order valence-corrected chi connectivity index (χ4v) is 4.15. The number of amidine groups is 2. The van der Waals surface area contributed by atoms with Crippen molar-refractivity contribution in [2.75, 3.05) is 0 Å². The number of benzene rings is 3. The van der Waals surface area contributed by atoms with Gasteiger partial charge in [-0.15, -0.1) is 34.0 Å². The monoisotopic (exact) mass is 526 g/mol. The van der Waals surface area contributed by atoms with Gasteiger partial charge < -0.3 is 9.80 Å². The van der Waals surface area contributed by atoms with E-state index in [4.69, 9.17) is 10.8 Å². The quantitative estimate of drug-likeness (QED) is 0.469. The molecule has 0 atom stereocenters. The summed E-state index contributed by atoms with van der Waals surface area (Å²) < 4.78 is 0. The molecule has 3 aromatic rings. The highest BCUT2D eigenvalue weighted by Crippen LogP contribution is 2.26. The highest BCUT2D eigenvalue weighted by molar-refractivity contribution is 8.93. The van der Waals surface area contributed by atoms with Crippen molar-refractivity contribution in [3.05, 3.63) is 106 Å². The van der Waals surface area contributed by atoms with E-state index in [1.54, 1.807) is 0 Å². The molecule has 6 heteroatoms. The lowest BCUT2D eigenvalue weighted by molar-refractivity contribution is 0.418.